The molecule has 1 saturated carbocycles. The van der Waals surface area contributed by atoms with Crippen LogP contribution in [0.2, 0.25) is 0 Å². The first-order chi connectivity index (χ1) is 21.3. The number of ketones is 1. The molecule has 0 aliphatic heterocycles. The minimum absolute atomic E-state index is 0.0513. The topological polar surface area (TPSA) is 103 Å². The van der Waals surface area contributed by atoms with Gasteiger partial charge in [0.1, 0.15) is 29.6 Å². The van der Waals surface area contributed by atoms with Gasteiger partial charge in [0, 0.05) is 12.1 Å². The monoisotopic (exact) mass is 621 g/mol. The summed E-state index contributed by atoms with van der Waals surface area (Å²) in [5, 5.41) is 3.41. The molecule has 3 N–H and O–H groups in total. The number of esters is 1. The van der Waals surface area contributed by atoms with Crippen LogP contribution in [-0.4, -0.2) is 35.0 Å². The maximum atomic E-state index is 14.3. The van der Waals surface area contributed by atoms with Crippen molar-refractivity contribution in [1.29, 1.82) is 0 Å². The van der Waals surface area contributed by atoms with Crippen molar-refractivity contribution in [3.05, 3.63) is 93.3 Å². The molecule has 7 nitrogen and oxygen atoms in total. The first-order valence-corrected chi connectivity index (χ1v) is 15.9. The SMILES string of the molecule is CC(C)C[C@@H](NCCc1ccc(-n2c(N)c(C(=O)c3ccc(F)cc3F)ccc2=O)cc1)C(=O)O[C@H]1C[C@@H](C)CC[C@@H]1C(C)C. The maximum absolute atomic E-state index is 14.3. The number of benzene rings is 2. The smallest absolute Gasteiger partial charge is 0.323 e. The lowest BCUT2D eigenvalue weighted by Crippen LogP contribution is -2.44. The van der Waals surface area contributed by atoms with E-state index in [1.165, 1.54) is 23.1 Å². The van der Waals surface area contributed by atoms with Gasteiger partial charge in [-0.25, -0.2) is 8.78 Å². The molecule has 4 atom stereocenters. The van der Waals surface area contributed by atoms with Crippen LogP contribution < -0.4 is 16.6 Å². The second-order valence-electron chi connectivity index (χ2n) is 13.1. The Morgan fingerprint density at radius 1 is 1.00 bits per heavy atom. The second kappa shape index (κ2) is 15.0. The third-order valence-electron chi connectivity index (χ3n) is 8.77. The Labute approximate surface area is 264 Å². The van der Waals surface area contributed by atoms with Gasteiger partial charge in [-0.05, 0) is 91.8 Å². The van der Waals surface area contributed by atoms with E-state index >= 15 is 0 Å². The number of carbonyl (C=O) groups excluding carboxylic acids is 2. The highest BCUT2D eigenvalue weighted by molar-refractivity contribution is 6.11. The van der Waals surface area contributed by atoms with Gasteiger partial charge in [-0.15, -0.1) is 0 Å². The van der Waals surface area contributed by atoms with Crippen molar-refractivity contribution in [3.8, 4) is 5.69 Å². The van der Waals surface area contributed by atoms with Crippen LogP contribution >= 0.6 is 0 Å². The number of pyridine rings is 1. The summed E-state index contributed by atoms with van der Waals surface area (Å²) in [6.45, 7) is 11.4. The molecule has 9 heteroatoms. The highest BCUT2D eigenvalue weighted by Gasteiger charge is 2.35. The largest absolute Gasteiger partial charge is 0.461 e. The normalized spacial score (nSPS) is 19.1. The highest BCUT2D eigenvalue weighted by atomic mass is 19.1. The Hall–Kier alpha value is -3.85. The van der Waals surface area contributed by atoms with Crippen LogP contribution in [0, 0.1) is 35.3 Å². The van der Waals surface area contributed by atoms with Crippen molar-refractivity contribution in [2.75, 3.05) is 12.3 Å². The maximum Gasteiger partial charge on any atom is 0.323 e. The molecule has 4 rings (SSSR count). The summed E-state index contributed by atoms with van der Waals surface area (Å²) in [6, 6.07) is 11.8. The minimum atomic E-state index is -1.01. The van der Waals surface area contributed by atoms with Crippen molar-refractivity contribution in [2.45, 2.75) is 78.9 Å². The van der Waals surface area contributed by atoms with E-state index in [0.717, 1.165) is 30.5 Å². The quantitative estimate of drug-likeness (QED) is 0.177. The molecule has 0 unspecified atom stereocenters. The number of aromatic nitrogens is 1. The van der Waals surface area contributed by atoms with Crippen molar-refractivity contribution in [1.82, 2.24) is 9.88 Å². The number of nitrogens with two attached hydrogens (primary N) is 1. The third kappa shape index (κ3) is 8.45. The zero-order valence-corrected chi connectivity index (χ0v) is 26.8. The molecule has 0 saturated heterocycles. The summed E-state index contributed by atoms with van der Waals surface area (Å²) in [5.41, 5.74) is 6.78. The lowest BCUT2D eigenvalue weighted by molar-refractivity contribution is -0.159. The van der Waals surface area contributed by atoms with Gasteiger partial charge in [0.05, 0.1) is 16.8 Å². The molecule has 0 radical (unpaired) electrons. The molecule has 1 aromatic heterocycles. The highest BCUT2D eigenvalue weighted by Crippen LogP contribution is 2.35. The number of nitrogens with one attached hydrogen (secondary N) is 1. The average Bonchev–Trinajstić information content (AvgIpc) is 2.97. The lowest BCUT2D eigenvalue weighted by Gasteiger charge is -2.37. The first kappa shape index (κ1) is 34.0. The summed E-state index contributed by atoms with van der Waals surface area (Å²) in [5.74, 6) is -1.20. The Morgan fingerprint density at radius 3 is 2.33 bits per heavy atom. The lowest BCUT2D eigenvalue weighted by atomic mass is 9.75. The van der Waals surface area contributed by atoms with Crippen LogP contribution in [0.15, 0.2) is 59.4 Å². The summed E-state index contributed by atoms with van der Waals surface area (Å²) >= 11 is 0. The molecule has 1 fully saturated rings. The number of hydrogen-bond donors (Lipinski definition) is 2. The predicted octanol–water partition coefficient (Wildman–Crippen LogP) is 6.48. The van der Waals surface area contributed by atoms with Crippen LogP contribution in [0.5, 0.6) is 0 Å². The fourth-order valence-corrected chi connectivity index (χ4v) is 6.25. The molecule has 0 amide bonds. The summed E-state index contributed by atoms with van der Waals surface area (Å²) in [6.07, 6.45) is 4.41. The number of ether oxygens (including phenoxy) is 1. The molecule has 2 aromatic carbocycles. The van der Waals surface area contributed by atoms with E-state index in [1.54, 1.807) is 12.1 Å². The van der Waals surface area contributed by atoms with Gasteiger partial charge < -0.3 is 15.8 Å². The van der Waals surface area contributed by atoms with E-state index in [2.05, 4.69) is 39.9 Å². The van der Waals surface area contributed by atoms with E-state index < -0.39 is 29.0 Å². The number of carbonyl (C=O) groups is 2. The van der Waals surface area contributed by atoms with Gasteiger partial charge in [0.15, 0.2) is 5.78 Å². The van der Waals surface area contributed by atoms with Gasteiger partial charge in [-0.1, -0.05) is 53.2 Å². The third-order valence-corrected chi connectivity index (χ3v) is 8.77. The molecule has 3 aromatic rings. The number of nitrogen functional groups attached to an aromatic ring is 1. The first-order valence-electron chi connectivity index (χ1n) is 15.9. The molecule has 0 bridgehead atoms. The molecular weight excluding hydrogens is 576 g/mol. The second-order valence-corrected chi connectivity index (χ2v) is 13.1. The Balaban J connectivity index is 1.43. The van der Waals surface area contributed by atoms with E-state index in [9.17, 15) is 23.2 Å². The van der Waals surface area contributed by atoms with Gasteiger partial charge in [0.2, 0.25) is 0 Å². The fraction of sp³-hybridized carbons (Fsp3) is 0.472. The van der Waals surface area contributed by atoms with Crippen LogP contribution in [0.25, 0.3) is 5.69 Å². The van der Waals surface area contributed by atoms with E-state index in [1.807, 2.05) is 12.1 Å². The molecule has 1 heterocycles. The Kier molecular flexibility index (Phi) is 11.3. The molecule has 242 valence electrons. The molecule has 1 aliphatic carbocycles. The zero-order chi connectivity index (χ0) is 32.8. The number of halogens is 2. The van der Waals surface area contributed by atoms with Crippen LogP contribution in [0.1, 0.15) is 81.8 Å². The molecule has 0 spiro atoms. The fourth-order valence-electron chi connectivity index (χ4n) is 6.25. The zero-order valence-electron chi connectivity index (χ0n) is 26.8. The van der Waals surface area contributed by atoms with E-state index in [4.69, 9.17) is 10.5 Å². The van der Waals surface area contributed by atoms with Gasteiger partial charge in [-0.3, -0.25) is 19.0 Å². The number of rotatable bonds is 12. The molecular formula is C36H45F2N3O4. The Bertz CT molecular complexity index is 1550. The predicted molar refractivity (Wildman–Crippen MR) is 172 cm³/mol. The van der Waals surface area contributed by atoms with Gasteiger partial charge >= 0.3 is 5.97 Å². The minimum Gasteiger partial charge on any atom is -0.461 e. The van der Waals surface area contributed by atoms with Crippen LogP contribution in [-0.2, 0) is 16.0 Å². The molecule has 1 aliphatic rings. The summed E-state index contributed by atoms with van der Waals surface area (Å²) in [7, 11) is 0. The van der Waals surface area contributed by atoms with E-state index in [-0.39, 0.29) is 29.0 Å². The summed E-state index contributed by atoms with van der Waals surface area (Å²) < 4.78 is 35.0. The van der Waals surface area contributed by atoms with Crippen molar-refractivity contribution in [3.63, 3.8) is 0 Å². The number of hydrogen-bond acceptors (Lipinski definition) is 6. The molecule has 45 heavy (non-hydrogen) atoms. The van der Waals surface area contributed by atoms with E-state index in [0.29, 0.717) is 54.8 Å². The van der Waals surface area contributed by atoms with Crippen molar-refractivity contribution in [2.24, 2.45) is 23.7 Å². The number of anilines is 1. The Morgan fingerprint density at radius 2 is 1.69 bits per heavy atom. The van der Waals surface area contributed by atoms with Gasteiger partial charge in [0.25, 0.3) is 5.56 Å². The van der Waals surface area contributed by atoms with Crippen molar-refractivity contribution < 1.29 is 23.1 Å². The van der Waals surface area contributed by atoms with Gasteiger partial charge in [-0.2, -0.15) is 0 Å². The van der Waals surface area contributed by atoms with Crippen molar-refractivity contribution >= 4 is 17.6 Å². The van der Waals surface area contributed by atoms with Crippen LogP contribution in [0.3, 0.4) is 0 Å². The summed E-state index contributed by atoms with van der Waals surface area (Å²) in [4.78, 5) is 39.1. The average molecular weight is 622 g/mol. The standard InChI is InChI=1S/C36H45F2N3O4/c1-21(2)18-31(36(44)45-32-19-23(5)6-12-27(32)22(3)4)40-17-16-24-7-10-26(11-8-24)41-33(42)15-14-29(35(41)39)34(43)28-13-9-25(37)20-30(28)38/h7-11,13-15,20-23,27,31-32,40H,6,12,16-19,39H2,1-5H3/t23-,27+,31+,32-/m0/s1. The number of nitrogens with zero attached hydrogens (tertiary/aromatic N) is 1. The van der Waals surface area contributed by atoms with Crippen LogP contribution in [0.4, 0.5) is 14.6 Å².